The highest BCUT2D eigenvalue weighted by molar-refractivity contribution is 5.94. The topological polar surface area (TPSA) is 47.3 Å². The number of amides is 1. The Balaban J connectivity index is 2.03. The third-order valence-electron chi connectivity index (χ3n) is 3.57. The maximum absolute atomic E-state index is 12.3. The van der Waals surface area contributed by atoms with Crippen LogP contribution in [0.2, 0.25) is 0 Å². The predicted octanol–water partition coefficient (Wildman–Crippen LogP) is 1.72. The summed E-state index contributed by atoms with van der Waals surface area (Å²) < 4.78 is 0. The van der Waals surface area contributed by atoms with E-state index in [9.17, 15) is 4.79 Å². The summed E-state index contributed by atoms with van der Waals surface area (Å²) in [4.78, 5) is 16.6. The van der Waals surface area contributed by atoms with Gasteiger partial charge in [-0.05, 0) is 32.0 Å². The summed E-state index contributed by atoms with van der Waals surface area (Å²) in [5, 5.41) is 8.87. The third kappa shape index (κ3) is 3.12. The van der Waals surface area contributed by atoms with Crippen molar-refractivity contribution in [1.82, 2.24) is 9.80 Å². The number of piperazine rings is 1. The van der Waals surface area contributed by atoms with E-state index in [-0.39, 0.29) is 5.91 Å². The van der Waals surface area contributed by atoms with Gasteiger partial charge in [0.05, 0.1) is 11.6 Å². The van der Waals surface area contributed by atoms with Gasteiger partial charge in [-0.3, -0.25) is 9.69 Å². The predicted molar refractivity (Wildman–Crippen MR) is 73.8 cm³/mol. The minimum Gasteiger partial charge on any atom is -0.336 e. The standard InChI is InChI=1S/C15H19N3O/c1-12(2)17-6-8-18(9-7-17)15(19)14-5-3-4-13(10-14)11-16/h3-5,10,12H,6-9H2,1-2H3. The Kier molecular flexibility index (Phi) is 4.18. The van der Waals surface area contributed by atoms with Crippen LogP contribution in [0.4, 0.5) is 0 Å². The summed E-state index contributed by atoms with van der Waals surface area (Å²) in [6.07, 6.45) is 0. The molecular weight excluding hydrogens is 238 g/mol. The van der Waals surface area contributed by atoms with Crippen LogP contribution in [0.5, 0.6) is 0 Å². The molecule has 1 aliphatic heterocycles. The zero-order chi connectivity index (χ0) is 13.8. The van der Waals surface area contributed by atoms with E-state index in [2.05, 4.69) is 24.8 Å². The summed E-state index contributed by atoms with van der Waals surface area (Å²) in [7, 11) is 0. The van der Waals surface area contributed by atoms with Crippen molar-refractivity contribution in [2.24, 2.45) is 0 Å². The molecule has 1 aliphatic rings. The van der Waals surface area contributed by atoms with E-state index in [4.69, 9.17) is 5.26 Å². The van der Waals surface area contributed by atoms with Gasteiger partial charge in [0.15, 0.2) is 0 Å². The van der Waals surface area contributed by atoms with E-state index >= 15 is 0 Å². The smallest absolute Gasteiger partial charge is 0.253 e. The van der Waals surface area contributed by atoms with E-state index in [1.54, 1.807) is 24.3 Å². The molecule has 0 aliphatic carbocycles. The van der Waals surface area contributed by atoms with Crippen molar-refractivity contribution in [3.8, 4) is 6.07 Å². The number of hydrogen-bond donors (Lipinski definition) is 0. The molecule has 1 heterocycles. The zero-order valence-corrected chi connectivity index (χ0v) is 11.5. The van der Waals surface area contributed by atoms with E-state index in [1.165, 1.54) is 0 Å². The van der Waals surface area contributed by atoms with Crippen LogP contribution >= 0.6 is 0 Å². The maximum atomic E-state index is 12.3. The molecule has 0 aromatic heterocycles. The number of carbonyl (C=O) groups is 1. The van der Waals surface area contributed by atoms with Crippen molar-refractivity contribution in [3.05, 3.63) is 35.4 Å². The summed E-state index contributed by atoms with van der Waals surface area (Å²) in [5.74, 6) is 0.0282. The molecular formula is C15H19N3O. The SMILES string of the molecule is CC(C)N1CCN(C(=O)c2cccc(C#N)c2)CC1. The van der Waals surface area contributed by atoms with E-state index in [1.807, 2.05) is 4.90 Å². The summed E-state index contributed by atoms with van der Waals surface area (Å²) in [5.41, 5.74) is 1.14. The lowest BCUT2D eigenvalue weighted by Crippen LogP contribution is -2.50. The van der Waals surface area contributed by atoms with Crippen molar-refractivity contribution in [2.45, 2.75) is 19.9 Å². The van der Waals surface area contributed by atoms with Gasteiger partial charge >= 0.3 is 0 Å². The van der Waals surface area contributed by atoms with Crippen molar-refractivity contribution >= 4 is 5.91 Å². The second kappa shape index (κ2) is 5.85. The molecule has 4 nitrogen and oxygen atoms in total. The van der Waals surface area contributed by atoms with Crippen molar-refractivity contribution in [3.63, 3.8) is 0 Å². The fourth-order valence-electron chi connectivity index (χ4n) is 2.35. The number of rotatable bonds is 2. The number of nitrogens with zero attached hydrogens (tertiary/aromatic N) is 3. The Morgan fingerprint density at radius 1 is 1.26 bits per heavy atom. The molecule has 0 N–H and O–H groups in total. The Morgan fingerprint density at radius 2 is 1.95 bits per heavy atom. The largest absolute Gasteiger partial charge is 0.336 e. The van der Waals surface area contributed by atoms with Gasteiger partial charge in [-0.15, -0.1) is 0 Å². The molecule has 1 aromatic rings. The molecule has 1 fully saturated rings. The van der Waals surface area contributed by atoms with Crippen molar-refractivity contribution in [1.29, 1.82) is 5.26 Å². The second-order valence-corrected chi connectivity index (χ2v) is 5.11. The molecule has 0 bridgehead atoms. The summed E-state index contributed by atoms with van der Waals surface area (Å²) in [6, 6.07) is 9.51. The quantitative estimate of drug-likeness (QED) is 0.810. The van der Waals surface area contributed by atoms with Gasteiger partial charge in [0.1, 0.15) is 0 Å². The molecule has 0 saturated carbocycles. The molecule has 0 radical (unpaired) electrons. The lowest BCUT2D eigenvalue weighted by Gasteiger charge is -2.37. The van der Waals surface area contributed by atoms with Crippen LogP contribution in [0.15, 0.2) is 24.3 Å². The molecule has 100 valence electrons. The van der Waals surface area contributed by atoms with Gasteiger partial charge < -0.3 is 4.90 Å². The Bertz CT molecular complexity index is 496. The number of carbonyl (C=O) groups excluding carboxylic acids is 1. The first-order valence-electron chi connectivity index (χ1n) is 6.65. The fourth-order valence-corrected chi connectivity index (χ4v) is 2.35. The molecule has 1 aromatic carbocycles. The minimum atomic E-state index is 0.0282. The van der Waals surface area contributed by atoms with Crippen LogP contribution < -0.4 is 0 Å². The van der Waals surface area contributed by atoms with Gasteiger partial charge in [-0.25, -0.2) is 0 Å². The first-order chi connectivity index (χ1) is 9.11. The molecule has 2 rings (SSSR count). The Labute approximate surface area is 114 Å². The van der Waals surface area contributed by atoms with Crippen LogP contribution in [0, 0.1) is 11.3 Å². The van der Waals surface area contributed by atoms with Gasteiger partial charge in [-0.1, -0.05) is 6.07 Å². The average molecular weight is 257 g/mol. The van der Waals surface area contributed by atoms with Gasteiger partial charge in [0.2, 0.25) is 0 Å². The second-order valence-electron chi connectivity index (χ2n) is 5.11. The molecule has 19 heavy (non-hydrogen) atoms. The Morgan fingerprint density at radius 3 is 2.53 bits per heavy atom. The van der Waals surface area contributed by atoms with Crippen LogP contribution in [-0.2, 0) is 0 Å². The monoisotopic (exact) mass is 257 g/mol. The van der Waals surface area contributed by atoms with Crippen molar-refractivity contribution in [2.75, 3.05) is 26.2 Å². The molecule has 0 atom stereocenters. The van der Waals surface area contributed by atoms with Crippen LogP contribution in [0.25, 0.3) is 0 Å². The van der Waals surface area contributed by atoms with Crippen LogP contribution in [-0.4, -0.2) is 47.9 Å². The average Bonchev–Trinajstić information content (AvgIpc) is 2.46. The summed E-state index contributed by atoms with van der Waals surface area (Å²) in [6.45, 7) is 7.70. The maximum Gasteiger partial charge on any atom is 0.253 e. The first kappa shape index (κ1) is 13.6. The highest BCUT2D eigenvalue weighted by Gasteiger charge is 2.23. The number of nitriles is 1. The molecule has 1 saturated heterocycles. The van der Waals surface area contributed by atoms with Crippen molar-refractivity contribution < 1.29 is 4.79 Å². The normalized spacial score (nSPS) is 16.4. The highest BCUT2D eigenvalue weighted by atomic mass is 16.2. The lowest BCUT2D eigenvalue weighted by atomic mass is 10.1. The molecule has 0 unspecified atom stereocenters. The Hall–Kier alpha value is -1.86. The minimum absolute atomic E-state index is 0.0282. The van der Waals surface area contributed by atoms with Crippen LogP contribution in [0.3, 0.4) is 0 Å². The third-order valence-corrected chi connectivity index (χ3v) is 3.57. The zero-order valence-electron chi connectivity index (χ0n) is 11.5. The molecule has 0 spiro atoms. The van der Waals surface area contributed by atoms with Crippen LogP contribution in [0.1, 0.15) is 29.8 Å². The highest BCUT2D eigenvalue weighted by Crippen LogP contribution is 2.12. The summed E-state index contributed by atoms with van der Waals surface area (Å²) >= 11 is 0. The number of benzene rings is 1. The van der Waals surface area contributed by atoms with E-state index in [0.29, 0.717) is 17.2 Å². The lowest BCUT2D eigenvalue weighted by molar-refractivity contribution is 0.0595. The van der Waals surface area contributed by atoms with Gasteiger partial charge in [0.25, 0.3) is 5.91 Å². The van der Waals surface area contributed by atoms with E-state index in [0.717, 1.165) is 26.2 Å². The molecule has 1 amide bonds. The number of hydrogen-bond acceptors (Lipinski definition) is 3. The van der Waals surface area contributed by atoms with E-state index < -0.39 is 0 Å². The van der Waals surface area contributed by atoms with Gasteiger partial charge in [-0.2, -0.15) is 5.26 Å². The fraction of sp³-hybridized carbons (Fsp3) is 0.467. The molecule has 4 heteroatoms. The van der Waals surface area contributed by atoms with Gasteiger partial charge in [0, 0.05) is 37.8 Å². The first-order valence-corrected chi connectivity index (χ1v) is 6.65.